The van der Waals surface area contributed by atoms with Gasteiger partial charge in [-0.05, 0) is 48.4 Å². The van der Waals surface area contributed by atoms with E-state index in [1.165, 1.54) is 0 Å². The van der Waals surface area contributed by atoms with Crippen molar-refractivity contribution >= 4 is 28.7 Å². The molecule has 1 atom stereocenters. The van der Waals surface area contributed by atoms with Crippen LogP contribution in [0.1, 0.15) is 15.9 Å². The SMILES string of the molecule is COc1ccc(C(=O)COc2ccc(C[C@H]3SC(=O)NC3=O)cc2)cc1. The van der Waals surface area contributed by atoms with Crippen LogP contribution in [-0.4, -0.2) is 35.9 Å². The number of ether oxygens (including phenoxy) is 2. The summed E-state index contributed by atoms with van der Waals surface area (Å²) in [5.41, 5.74) is 1.47. The number of imide groups is 1. The van der Waals surface area contributed by atoms with Gasteiger partial charge in [0.15, 0.2) is 12.4 Å². The van der Waals surface area contributed by atoms with E-state index in [-0.39, 0.29) is 23.5 Å². The highest BCUT2D eigenvalue weighted by atomic mass is 32.2. The fraction of sp³-hybridized carbons (Fsp3) is 0.211. The van der Waals surface area contributed by atoms with Gasteiger partial charge in [-0.15, -0.1) is 0 Å². The Labute approximate surface area is 154 Å². The monoisotopic (exact) mass is 371 g/mol. The number of carbonyl (C=O) groups excluding carboxylic acids is 3. The fourth-order valence-corrected chi connectivity index (χ4v) is 3.33. The van der Waals surface area contributed by atoms with E-state index < -0.39 is 5.25 Å². The number of carbonyl (C=O) groups is 3. The van der Waals surface area contributed by atoms with E-state index in [9.17, 15) is 14.4 Å². The van der Waals surface area contributed by atoms with Gasteiger partial charge in [0.25, 0.3) is 5.24 Å². The van der Waals surface area contributed by atoms with E-state index in [2.05, 4.69) is 5.32 Å². The van der Waals surface area contributed by atoms with Crippen molar-refractivity contribution in [3.63, 3.8) is 0 Å². The smallest absolute Gasteiger partial charge is 0.286 e. The molecule has 7 heteroatoms. The van der Waals surface area contributed by atoms with Crippen molar-refractivity contribution in [3.05, 3.63) is 59.7 Å². The number of methoxy groups -OCH3 is 1. The van der Waals surface area contributed by atoms with Crippen LogP contribution in [0.2, 0.25) is 0 Å². The average molecular weight is 371 g/mol. The molecule has 2 aromatic carbocycles. The van der Waals surface area contributed by atoms with Gasteiger partial charge in [0.1, 0.15) is 11.5 Å². The Morgan fingerprint density at radius 1 is 1.04 bits per heavy atom. The standard InChI is InChI=1S/C19H17NO5S/c1-24-14-8-4-13(5-9-14)16(21)11-25-15-6-2-12(3-7-15)10-17-18(22)20-19(23)26-17/h2-9,17H,10-11H2,1H3,(H,20,22,23)/t17-/m1/s1. The van der Waals surface area contributed by atoms with Crippen molar-refractivity contribution in [1.29, 1.82) is 0 Å². The molecule has 1 fully saturated rings. The van der Waals surface area contributed by atoms with Crippen LogP contribution in [0.3, 0.4) is 0 Å². The molecule has 0 saturated carbocycles. The normalized spacial score (nSPS) is 16.3. The molecular formula is C19H17NO5S. The molecule has 0 unspecified atom stereocenters. The van der Waals surface area contributed by atoms with E-state index in [4.69, 9.17) is 9.47 Å². The summed E-state index contributed by atoms with van der Waals surface area (Å²) in [5.74, 6) is 0.865. The zero-order valence-corrected chi connectivity index (χ0v) is 14.9. The first-order chi connectivity index (χ1) is 12.5. The lowest BCUT2D eigenvalue weighted by atomic mass is 10.1. The van der Waals surface area contributed by atoms with Crippen molar-refractivity contribution in [1.82, 2.24) is 5.32 Å². The second-order valence-electron chi connectivity index (χ2n) is 5.67. The van der Waals surface area contributed by atoms with Crippen molar-refractivity contribution in [2.24, 2.45) is 0 Å². The third-order valence-corrected chi connectivity index (χ3v) is 4.87. The molecule has 1 saturated heterocycles. The summed E-state index contributed by atoms with van der Waals surface area (Å²) in [6.45, 7) is -0.0684. The minimum atomic E-state index is -0.397. The third-order valence-electron chi connectivity index (χ3n) is 3.89. The third kappa shape index (κ3) is 4.43. The molecule has 0 aromatic heterocycles. The van der Waals surface area contributed by atoms with E-state index in [0.717, 1.165) is 17.3 Å². The first-order valence-corrected chi connectivity index (χ1v) is 8.83. The Morgan fingerprint density at radius 2 is 1.69 bits per heavy atom. The minimum Gasteiger partial charge on any atom is -0.497 e. The van der Waals surface area contributed by atoms with Gasteiger partial charge < -0.3 is 9.47 Å². The first-order valence-electron chi connectivity index (χ1n) is 7.95. The molecule has 0 spiro atoms. The fourth-order valence-electron chi connectivity index (χ4n) is 2.47. The lowest BCUT2D eigenvalue weighted by Crippen LogP contribution is -2.25. The Morgan fingerprint density at radius 3 is 2.27 bits per heavy atom. The molecule has 3 rings (SSSR count). The van der Waals surface area contributed by atoms with E-state index in [1.54, 1.807) is 43.5 Å². The second-order valence-corrected chi connectivity index (χ2v) is 6.85. The van der Waals surface area contributed by atoms with Crippen molar-refractivity contribution < 1.29 is 23.9 Å². The van der Waals surface area contributed by atoms with Gasteiger partial charge in [-0.25, -0.2) is 0 Å². The summed E-state index contributed by atoms with van der Waals surface area (Å²) >= 11 is 1.00. The van der Waals surface area contributed by atoms with Crippen LogP contribution in [0, 0.1) is 0 Å². The number of hydrogen-bond acceptors (Lipinski definition) is 6. The lowest BCUT2D eigenvalue weighted by molar-refractivity contribution is -0.118. The first kappa shape index (κ1) is 18.0. The Bertz CT molecular complexity index is 817. The summed E-state index contributed by atoms with van der Waals surface area (Å²) in [6, 6.07) is 14.0. The zero-order valence-electron chi connectivity index (χ0n) is 14.1. The van der Waals surface area contributed by atoms with Gasteiger partial charge in [0.2, 0.25) is 5.91 Å². The highest BCUT2D eigenvalue weighted by Gasteiger charge is 2.31. The van der Waals surface area contributed by atoms with Crippen molar-refractivity contribution in [2.45, 2.75) is 11.7 Å². The number of ketones is 1. The highest BCUT2D eigenvalue weighted by molar-refractivity contribution is 8.15. The molecule has 1 aliphatic heterocycles. The topological polar surface area (TPSA) is 81.7 Å². The minimum absolute atomic E-state index is 0.0684. The molecule has 1 aliphatic rings. The molecule has 1 N–H and O–H groups in total. The van der Waals surface area contributed by atoms with Crippen LogP contribution in [0.25, 0.3) is 0 Å². The van der Waals surface area contributed by atoms with Gasteiger partial charge in [-0.3, -0.25) is 19.7 Å². The number of rotatable bonds is 7. The Hall–Kier alpha value is -2.80. The van der Waals surface area contributed by atoms with Crippen LogP contribution in [0.4, 0.5) is 4.79 Å². The summed E-state index contributed by atoms with van der Waals surface area (Å²) in [7, 11) is 1.57. The maximum absolute atomic E-state index is 12.1. The van der Waals surface area contributed by atoms with Crippen molar-refractivity contribution in [2.75, 3.05) is 13.7 Å². The molecule has 26 heavy (non-hydrogen) atoms. The molecule has 0 aliphatic carbocycles. The molecule has 2 aromatic rings. The maximum Gasteiger partial charge on any atom is 0.286 e. The maximum atomic E-state index is 12.1. The van der Waals surface area contributed by atoms with Crippen LogP contribution >= 0.6 is 11.8 Å². The van der Waals surface area contributed by atoms with Gasteiger partial charge in [-0.1, -0.05) is 23.9 Å². The molecule has 134 valence electrons. The number of amides is 2. The van der Waals surface area contributed by atoms with Crippen LogP contribution in [-0.2, 0) is 11.2 Å². The van der Waals surface area contributed by atoms with E-state index >= 15 is 0 Å². The van der Waals surface area contributed by atoms with Gasteiger partial charge >= 0.3 is 0 Å². The molecular weight excluding hydrogens is 354 g/mol. The average Bonchev–Trinajstić information content (AvgIpc) is 2.98. The summed E-state index contributed by atoms with van der Waals surface area (Å²) in [6.07, 6.45) is 0.466. The quantitative estimate of drug-likeness (QED) is 0.754. The van der Waals surface area contributed by atoms with E-state index in [1.807, 2.05) is 12.1 Å². The van der Waals surface area contributed by atoms with Gasteiger partial charge in [0, 0.05) is 5.56 Å². The number of nitrogens with one attached hydrogen (secondary N) is 1. The highest BCUT2D eigenvalue weighted by Crippen LogP contribution is 2.24. The van der Waals surface area contributed by atoms with Crippen LogP contribution < -0.4 is 14.8 Å². The summed E-state index contributed by atoms with van der Waals surface area (Å²) < 4.78 is 10.6. The van der Waals surface area contributed by atoms with E-state index in [0.29, 0.717) is 23.5 Å². The van der Waals surface area contributed by atoms with Crippen LogP contribution in [0.15, 0.2) is 48.5 Å². The predicted octanol–water partition coefficient (Wildman–Crippen LogP) is 2.85. The number of benzene rings is 2. The zero-order chi connectivity index (χ0) is 18.5. The molecule has 6 nitrogen and oxygen atoms in total. The number of hydrogen-bond donors (Lipinski definition) is 1. The molecule has 0 radical (unpaired) electrons. The second kappa shape index (κ2) is 8.05. The Balaban J connectivity index is 1.53. The van der Waals surface area contributed by atoms with Gasteiger partial charge in [0.05, 0.1) is 12.4 Å². The Kier molecular flexibility index (Phi) is 5.58. The number of Topliss-reactive ketones (excluding diaryl/α,β-unsaturated/α-hetero) is 1. The lowest BCUT2D eigenvalue weighted by Gasteiger charge is -2.08. The molecule has 1 heterocycles. The summed E-state index contributed by atoms with van der Waals surface area (Å²) in [4.78, 5) is 34.9. The molecule has 0 bridgehead atoms. The van der Waals surface area contributed by atoms with Crippen LogP contribution in [0.5, 0.6) is 11.5 Å². The number of thioether (sulfide) groups is 1. The summed E-state index contributed by atoms with van der Waals surface area (Å²) in [5, 5.41) is 1.56. The van der Waals surface area contributed by atoms with Crippen molar-refractivity contribution in [3.8, 4) is 11.5 Å². The molecule has 2 amide bonds. The predicted molar refractivity (Wildman–Crippen MR) is 97.9 cm³/mol. The van der Waals surface area contributed by atoms with Gasteiger partial charge in [-0.2, -0.15) is 0 Å². The largest absolute Gasteiger partial charge is 0.497 e.